The van der Waals surface area contributed by atoms with Crippen molar-refractivity contribution in [3.05, 3.63) is 70.0 Å². The lowest BCUT2D eigenvalue weighted by Gasteiger charge is -2.01. The Morgan fingerprint density at radius 3 is 2.71 bits per heavy atom. The number of para-hydroxylation sites is 2. The Morgan fingerprint density at radius 2 is 1.90 bits per heavy atom. The highest BCUT2D eigenvalue weighted by Crippen LogP contribution is 2.08. The van der Waals surface area contributed by atoms with Crippen LogP contribution in [-0.2, 0) is 0 Å². The van der Waals surface area contributed by atoms with Crippen molar-refractivity contribution >= 4 is 23.1 Å². The van der Waals surface area contributed by atoms with Gasteiger partial charge in [-0.05, 0) is 24.6 Å². The lowest BCUT2D eigenvalue weighted by Crippen LogP contribution is -2.13. The summed E-state index contributed by atoms with van der Waals surface area (Å²) in [4.78, 5) is 18.9. The van der Waals surface area contributed by atoms with Gasteiger partial charge in [-0.2, -0.15) is 5.10 Å². The second kappa shape index (κ2) is 5.58. The molecule has 2 N–H and O–H groups in total. The number of nitrogens with zero attached hydrogens (tertiary/aromatic N) is 2. The van der Waals surface area contributed by atoms with Crippen molar-refractivity contribution in [3.8, 4) is 0 Å². The van der Waals surface area contributed by atoms with Crippen molar-refractivity contribution in [2.24, 2.45) is 5.10 Å². The van der Waals surface area contributed by atoms with Crippen molar-refractivity contribution < 1.29 is 0 Å². The lowest BCUT2D eigenvalue weighted by molar-refractivity contribution is 1.17. The highest BCUT2D eigenvalue weighted by atomic mass is 16.1. The number of rotatable bonds is 3. The van der Waals surface area contributed by atoms with Crippen LogP contribution in [0.15, 0.2) is 58.4 Å². The molecular weight excluding hydrogens is 264 g/mol. The standard InChI is InChI=1S/C16H14N4O/c1-11-6-8-12(9-7-11)10-17-20-15-16(21)19-14-5-3-2-4-13(14)18-15/h2-10H,1H3,(H,18,20)(H,19,21)/b17-10+. The van der Waals surface area contributed by atoms with Crippen LogP contribution in [0.3, 0.4) is 0 Å². The van der Waals surface area contributed by atoms with Gasteiger partial charge >= 0.3 is 0 Å². The molecule has 3 aromatic rings. The molecule has 5 heteroatoms. The molecule has 0 amide bonds. The Kier molecular flexibility index (Phi) is 3.47. The zero-order valence-corrected chi connectivity index (χ0v) is 11.5. The highest BCUT2D eigenvalue weighted by Gasteiger charge is 2.02. The van der Waals surface area contributed by atoms with Crippen LogP contribution in [0.1, 0.15) is 11.1 Å². The van der Waals surface area contributed by atoms with E-state index < -0.39 is 0 Å². The number of aromatic amines is 1. The minimum atomic E-state index is -0.297. The molecule has 0 radical (unpaired) electrons. The zero-order chi connectivity index (χ0) is 14.7. The van der Waals surface area contributed by atoms with Gasteiger partial charge < -0.3 is 4.98 Å². The number of hydrazone groups is 1. The van der Waals surface area contributed by atoms with Gasteiger partial charge in [0.15, 0.2) is 0 Å². The predicted molar refractivity (Wildman–Crippen MR) is 84.8 cm³/mol. The van der Waals surface area contributed by atoms with Gasteiger partial charge in [0.25, 0.3) is 5.56 Å². The topological polar surface area (TPSA) is 70.1 Å². The molecule has 0 aliphatic rings. The summed E-state index contributed by atoms with van der Waals surface area (Å²) in [6.07, 6.45) is 1.65. The minimum absolute atomic E-state index is 0.178. The van der Waals surface area contributed by atoms with Gasteiger partial charge in [0, 0.05) is 0 Å². The van der Waals surface area contributed by atoms with E-state index in [0.717, 1.165) is 5.56 Å². The second-order valence-corrected chi connectivity index (χ2v) is 4.71. The SMILES string of the molecule is Cc1ccc(/C=N/Nc2nc3ccccc3[nH]c2=O)cc1. The smallest absolute Gasteiger partial charge is 0.293 e. The van der Waals surface area contributed by atoms with Gasteiger partial charge in [0.05, 0.1) is 17.2 Å². The number of aromatic nitrogens is 2. The van der Waals surface area contributed by atoms with Gasteiger partial charge in [-0.15, -0.1) is 0 Å². The Bertz CT molecular complexity index is 850. The molecule has 0 spiro atoms. The van der Waals surface area contributed by atoms with Gasteiger partial charge in [0.2, 0.25) is 5.82 Å². The average Bonchev–Trinajstić information content (AvgIpc) is 2.50. The molecule has 0 bridgehead atoms. The molecule has 104 valence electrons. The Balaban J connectivity index is 1.83. The van der Waals surface area contributed by atoms with Crippen LogP contribution in [-0.4, -0.2) is 16.2 Å². The normalized spacial score (nSPS) is 11.1. The van der Waals surface area contributed by atoms with Gasteiger partial charge in [-0.25, -0.2) is 4.98 Å². The summed E-state index contributed by atoms with van der Waals surface area (Å²) in [6, 6.07) is 15.3. The van der Waals surface area contributed by atoms with E-state index in [9.17, 15) is 4.79 Å². The number of hydrogen-bond acceptors (Lipinski definition) is 4. The van der Waals surface area contributed by atoms with E-state index in [1.54, 1.807) is 6.21 Å². The van der Waals surface area contributed by atoms with Crippen LogP contribution in [0.5, 0.6) is 0 Å². The molecule has 1 aromatic heterocycles. The monoisotopic (exact) mass is 278 g/mol. The summed E-state index contributed by atoms with van der Waals surface area (Å²) in [7, 11) is 0. The van der Waals surface area contributed by atoms with E-state index in [2.05, 4.69) is 20.5 Å². The molecule has 0 atom stereocenters. The number of H-pyrrole nitrogens is 1. The quantitative estimate of drug-likeness (QED) is 0.571. The van der Waals surface area contributed by atoms with Crippen molar-refractivity contribution in [2.75, 3.05) is 5.43 Å². The fraction of sp³-hybridized carbons (Fsp3) is 0.0625. The maximum absolute atomic E-state index is 11.9. The molecule has 21 heavy (non-hydrogen) atoms. The number of anilines is 1. The molecule has 0 unspecified atom stereocenters. The van der Waals surface area contributed by atoms with Crippen LogP contribution in [0.25, 0.3) is 11.0 Å². The van der Waals surface area contributed by atoms with Crippen LogP contribution in [0.4, 0.5) is 5.82 Å². The molecule has 0 saturated carbocycles. The molecule has 0 aliphatic carbocycles. The zero-order valence-electron chi connectivity index (χ0n) is 11.5. The Hall–Kier alpha value is -2.95. The molecule has 0 saturated heterocycles. The van der Waals surface area contributed by atoms with Crippen LogP contribution in [0.2, 0.25) is 0 Å². The minimum Gasteiger partial charge on any atom is -0.317 e. The van der Waals surface area contributed by atoms with Gasteiger partial charge in [0.1, 0.15) is 0 Å². The van der Waals surface area contributed by atoms with Crippen LogP contribution >= 0.6 is 0 Å². The number of hydrogen-bond donors (Lipinski definition) is 2. The van der Waals surface area contributed by atoms with Gasteiger partial charge in [-0.3, -0.25) is 10.2 Å². The summed E-state index contributed by atoms with van der Waals surface area (Å²) in [5.74, 6) is 0.178. The first-order valence-corrected chi connectivity index (χ1v) is 6.57. The molecule has 2 aromatic carbocycles. The van der Waals surface area contributed by atoms with E-state index in [-0.39, 0.29) is 11.4 Å². The largest absolute Gasteiger partial charge is 0.317 e. The third-order valence-corrected chi connectivity index (χ3v) is 3.06. The molecule has 1 heterocycles. The summed E-state index contributed by atoms with van der Waals surface area (Å²) < 4.78 is 0. The molecule has 0 aliphatic heterocycles. The molecule has 5 nitrogen and oxygen atoms in total. The average molecular weight is 278 g/mol. The fourth-order valence-corrected chi connectivity index (χ4v) is 1.93. The van der Waals surface area contributed by atoms with E-state index in [1.807, 2.05) is 55.5 Å². The lowest BCUT2D eigenvalue weighted by atomic mass is 10.2. The Morgan fingerprint density at radius 1 is 1.14 bits per heavy atom. The molecule has 0 fully saturated rings. The molecule has 3 rings (SSSR count). The van der Waals surface area contributed by atoms with Gasteiger partial charge in [-0.1, -0.05) is 42.0 Å². The number of nitrogens with one attached hydrogen (secondary N) is 2. The van der Waals surface area contributed by atoms with Crippen LogP contribution in [0, 0.1) is 6.92 Å². The summed E-state index contributed by atoms with van der Waals surface area (Å²) >= 11 is 0. The van der Waals surface area contributed by atoms with E-state index in [0.29, 0.717) is 11.0 Å². The number of aryl methyl sites for hydroxylation is 1. The van der Waals surface area contributed by atoms with Crippen molar-refractivity contribution in [1.29, 1.82) is 0 Å². The first kappa shape index (κ1) is 13.1. The Labute approximate surface area is 121 Å². The summed E-state index contributed by atoms with van der Waals surface area (Å²) in [5.41, 5.74) is 5.94. The maximum atomic E-state index is 11.9. The second-order valence-electron chi connectivity index (χ2n) is 4.71. The van der Waals surface area contributed by atoms with E-state index in [4.69, 9.17) is 0 Å². The summed E-state index contributed by atoms with van der Waals surface area (Å²) in [6.45, 7) is 2.03. The van der Waals surface area contributed by atoms with E-state index in [1.165, 1.54) is 5.56 Å². The van der Waals surface area contributed by atoms with Crippen molar-refractivity contribution in [2.45, 2.75) is 6.92 Å². The predicted octanol–water partition coefficient (Wildman–Crippen LogP) is 2.68. The number of benzene rings is 2. The fourth-order valence-electron chi connectivity index (χ4n) is 1.93. The summed E-state index contributed by atoms with van der Waals surface area (Å²) in [5, 5.41) is 4.05. The van der Waals surface area contributed by atoms with Crippen LogP contribution < -0.4 is 11.0 Å². The third-order valence-electron chi connectivity index (χ3n) is 3.06. The van der Waals surface area contributed by atoms with E-state index >= 15 is 0 Å². The van der Waals surface area contributed by atoms with Crippen molar-refractivity contribution in [3.63, 3.8) is 0 Å². The first-order chi connectivity index (χ1) is 10.2. The maximum Gasteiger partial charge on any atom is 0.293 e. The highest BCUT2D eigenvalue weighted by molar-refractivity contribution is 5.80. The first-order valence-electron chi connectivity index (χ1n) is 6.57. The number of fused-ring (bicyclic) bond motifs is 1. The van der Waals surface area contributed by atoms with Crippen molar-refractivity contribution in [1.82, 2.24) is 9.97 Å². The molecular formula is C16H14N4O. The third kappa shape index (κ3) is 2.97.